The molecule has 5 N–H and O–H groups in total. The molecular formula is C35H52N2O8. The fraction of sp³-hybridized carbons (Fsp3) is 0.457. The van der Waals surface area contributed by atoms with Crippen molar-refractivity contribution in [2.75, 3.05) is 0 Å². The molecule has 1 amide bonds. The molecule has 0 aromatic heterocycles. The van der Waals surface area contributed by atoms with Crippen LogP contribution < -0.4 is 10.9 Å². The summed E-state index contributed by atoms with van der Waals surface area (Å²) in [5.41, 5.74) is 3.20. The molecule has 0 bridgehead atoms. The van der Waals surface area contributed by atoms with E-state index in [9.17, 15) is 29.7 Å². The Hall–Kier alpha value is -4.31. The van der Waals surface area contributed by atoms with Gasteiger partial charge in [0, 0.05) is 19.8 Å². The number of benzene rings is 1. The van der Waals surface area contributed by atoms with Crippen LogP contribution in [0.15, 0.2) is 79.0 Å². The Kier molecular flexibility index (Phi) is 22.7. The molecule has 0 saturated heterocycles. The number of ether oxygens (including phenoxy) is 2. The van der Waals surface area contributed by atoms with Gasteiger partial charge in [-0.3, -0.25) is 15.0 Å². The van der Waals surface area contributed by atoms with E-state index < -0.39 is 35.6 Å². The Labute approximate surface area is 268 Å². The third kappa shape index (κ3) is 21.1. The van der Waals surface area contributed by atoms with Crippen LogP contribution in [0.3, 0.4) is 0 Å². The third-order valence-electron chi connectivity index (χ3n) is 5.93. The van der Waals surface area contributed by atoms with E-state index in [1.807, 2.05) is 0 Å². The average molecular weight is 629 g/mol. The second kappa shape index (κ2) is 25.1. The van der Waals surface area contributed by atoms with E-state index in [1.54, 1.807) is 6.92 Å². The summed E-state index contributed by atoms with van der Waals surface area (Å²) >= 11 is 0. The van der Waals surface area contributed by atoms with Crippen molar-refractivity contribution in [3.8, 4) is 11.5 Å². The van der Waals surface area contributed by atoms with Gasteiger partial charge in [-0.15, -0.1) is 0 Å². The number of carbonyl (C=O) groups excluding carboxylic acids is 2. The second-order valence-electron chi connectivity index (χ2n) is 10.2. The molecular weight excluding hydrogens is 576 g/mol. The van der Waals surface area contributed by atoms with E-state index in [4.69, 9.17) is 9.47 Å². The van der Waals surface area contributed by atoms with Gasteiger partial charge in [-0.2, -0.15) is 0 Å². The molecule has 1 rings (SSSR count). The first-order chi connectivity index (χ1) is 21.5. The lowest BCUT2D eigenvalue weighted by molar-refractivity contribution is -0.165. The first kappa shape index (κ1) is 40.7. The molecule has 0 fully saturated rings. The largest absolute Gasteiger partial charge is 0.504 e. The zero-order valence-corrected chi connectivity index (χ0v) is 27.3. The van der Waals surface area contributed by atoms with Crippen molar-refractivity contribution in [1.82, 2.24) is 10.9 Å². The van der Waals surface area contributed by atoms with Gasteiger partial charge in [0.15, 0.2) is 11.5 Å². The van der Waals surface area contributed by atoms with Crippen LogP contribution in [0.5, 0.6) is 11.5 Å². The third-order valence-corrected chi connectivity index (χ3v) is 5.93. The van der Waals surface area contributed by atoms with Gasteiger partial charge in [-0.1, -0.05) is 87.6 Å². The maximum absolute atomic E-state index is 11.8. The number of phenolic OH excluding ortho intramolecular Hbond substituents is 2. The Morgan fingerprint density at radius 1 is 0.800 bits per heavy atom. The van der Waals surface area contributed by atoms with Gasteiger partial charge in [0.05, 0.1) is 0 Å². The fourth-order valence-electron chi connectivity index (χ4n) is 3.52. The average Bonchev–Trinajstić information content (AvgIpc) is 2.98. The molecule has 0 aliphatic carbocycles. The molecule has 10 nitrogen and oxygen atoms in total. The van der Waals surface area contributed by atoms with Gasteiger partial charge in [0.25, 0.3) is 0 Å². The summed E-state index contributed by atoms with van der Waals surface area (Å²) in [5.74, 6) is -2.53. The van der Waals surface area contributed by atoms with Crippen molar-refractivity contribution in [1.29, 1.82) is 0 Å². The quantitative estimate of drug-likeness (QED) is 0.0343. The monoisotopic (exact) mass is 628 g/mol. The van der Waals surface area contributed by atoms with Gasteiger partial charge < -0.3 is 24.8 Å². The number of phenols is 2. The smallest absolute Gasteiger partial charge is 0.424 e. The van der Waals surface area contributed by atoms with E-state index in [-0.39, 0.29) is 18.6 Å². The Bertz CT molecular complexity index is 1130. The maximum atomic E-state index is 11.8. The Morgan fingerprint density at radius 3 is 1.71 bits per heavy atom. The van der Waals surface area contributed by atoms with E-state index >= 15 is 0 Å². The number of hydrogen-bond donors (Lipinski definition) is 5. The van der Waals surface area contributed by atoms with Crippen LogP contribution in [0, 0.1) is 0 Å². The topological polar surface area (TPSA) is 154 Å². The Morgan fingerprint density at radius 2 is 1.29 bits per heavy atom. The molecule has 2 atom stereocenters. The number of nitrogens with one attached hydrogen (secondary N) is 2. The number of allylic oxidation sites excluding steroid dienone is 10. The summed E-state index contributed by atoms with van der Waals surface area (Å²) in [5, 5.41) is 28.3. The van der Waals surface area contributed by atoms with Crippen molar-refractivity contribution >= 4 is 18.0 Å². The number of rotatable bonds is 19. The number of amides is 1. The number of aromatic hydroxyl groups is 2. The lowest BCUT2D eigenvalue weighted by Gasteiger charge is -2.27. The number of carboxylic acids is 1. The zero-order chi connectivity index (χ0) is 33.9. The summed E-state index contributed by atoms with van der Waals surface area (Å²) in [7, 11) is 0. The molecule has 250 valence electrons. The molecule has 0 saturated carbocycles. The molecule has 1 unspecified atom stereocenters. The normalized spacial score (nSPS) is 13.6. The zero-order valence-electron chi connectivity index (χ0n) is 27.3. The lowest BCUT2D eigenvalue weighted by Crippen LogP contribution is -2.58. The van der Waals surface area contributed by atoms with Crippen LogP contribution >= 0.6 is 0 Å². The highest BCUT2D eigenvalue weighted by atomic mass is 16.7. The SMILES string of the molecule is CC/C=C\C/C=C\C/C=C\C/C=C\C/C=C\CC.CCCC(=O)OC(C)OC(=O)NN[C@@](C)(Cc1ccc(O)c(O)c1)C(=O)O. The lowest BCUT2D eigenvalue weighted by atomic mass is 9.93. The molecule has 10 heteroatoms. The number of carboxylic acid groups (broad SMARTS) is 1. The van der Waals surface area contributed by atoms with E-state index in [1.165, 1.54) is 32.0 Å². The van der Waals surface area contributed by atoms with E-state index in [0.717, 1.165) is 38.5 Å². The van der Waals surface area contributed by atoms with E-state index in [2.05, 4.69) is 85.5 Å². The summed E-state index contributed by atoms with van der Waals surface area (Å²) < 4.78 is 9.65. The number of esters is 1. The highest BCUT2D eigenvalue weighted by Crippen LogP contribution is 2.26. The number of carbonyl (C=O) groups is 3. The summed E-state index contributed by atoms with van der Waals surface area (Å²) in [4.78, 5) is 34.7. The van der Waals surface area contributed by atoms with Crippen LogP contribution in [-0.2, 0) is 25.5 Å². The predicted molar refractivity (Wildman–Crippen MR) is 177 cm³/mol. The number of hydrogen-bond acceptors (Lipinski definition) is 8. The van der Waals surface area contributed by atoms with Gasteiger partial charge in [-0.25, -0.2) is 10.2 Å². The van der Waals surface area contributed by atoms with Gasteiger partial charge in [0.1, 0.15) is 5.54 Å². The molecule has 45 heavy (non-hydrogen) atoms. The number of aliphatic carboxylic acids is 1. The molecule has 0 radical (unpaired) electrons. The Balaban J connectivity index is 0.000000937. The summed E-state index contributed by atoms with van der Waals surface area (Å²) in [6.07, 6.45) is 27.1. The van der Waals surface area contributed by atoms with Crippen LogP contribution in [-0.4, -0.2) is 45.2 Å². The molecule has 1 aromatic carbocycles. The highest BCUT2D eigenvalue weighted by molar-refractivity contribution is 5.79. The van der Waals surface area contributed by atoms with Crippen molar-refractivity contribution in [3.05, 3.63) is 84.5 Å². The molecule has 1 aromatic rings. The van der Waals surface area contributed by atoms with E-state index in [0.29, 0.717) is 12.0 Å². The maximum Gasteiger partial charge on any atom is 0.424 e. The second-order valence-corrected chi connectivity index (χ2v) is 10.2. The van der Waals surface area contributed by atoms with Gasteiger partial charge >= 0.3 is 18.0 Å². The highest BCUT2D eigenvalue weighted by Gasteiger charge is 2.34. The molecule has 0 heterocycles. The van der Waals surface area contributed by atoms with Crippen molar-refractivity contribution in [2.45, 2.75) is 104 Å². The summed E-state index contributed by atoms with van der Waals surface area (Å²) in [6, 6.07) is 3.87. The minimum Gasteiger partial charge on any atom is -0.504 e. The minimum atomic E-state index is -1.65. The van der Waals surface area contributed by atoms with Crippen molar-refractivity contribution in [2.24, 2.45) is 0 Å². The molecule has 0 spiro atoms. The van der Waals surface area contributed by atoms with Gasteiger partial charge in [-0.05, 0) is 69.6 Å². The van der Waals surface area contributed by atoms with Crippen LogP contribution in [0.2, 0.25) is 0 Å². The first-order valence-corrected chi connectivity index (χ1v) is 15.4. The fourth-order valence-corrected chi connectivity index (χ4v) is 3.52. The van der Waals surface area contributed by atoms with Crippen LogP contribution in [0.4, 0.5) is 4.79 Å². The van der Waals surface area contributed by atoms with Crippen LogP contribution in [0.25, 0.3) is 0 Å². The van der Waals surface area contributed by atoms with Crippen molar-refractivity contribution < 1.29 is 39.2 Å². The molecule has 0 aliphatic heterocycles. The van der Waals surface area contributed by atoms with Gasteiger partial charge in [0.2, 0.25) is 6.29 Å². The first-order valence-electron chi connectivity index (χ1n) is 15.4. The standard InChI is InChI=1S/C18H28.C17H24N2O8/c1-3-5-7-9-11-13-15-17-18-16-14-12-10-8-6-4-2;1-4-5-14(22)26-10(2)27-16(25)18-19-17(3,15(23)24)9-11-6-7-12(20)13(21)8-11/h5-8,11-14,17-18H,3-4,9-10,15-16H2,1-2H3;6-8,10,19-21H,4-5,9H2,1-3H3,(H,18,25)(H,23,24)/b7-5-,8-6-,13-11-,14-12-,18-17-;/t;10?,17-/m.0/s1. The summed E-state index contributed by atoms with van der Waals surface area (Å²) in [6.45, 7) is 8.78. The minimum absolute atomic E-state index is 0.127. The van der Waals surface area contributed by atoms with Crippen molar-refractivity contribution in [3.63, 3.8) is 0 Å². The van der Waals surface area contributed by atoms with Crippen LogP contribution in [0.1, 0.15) is 91.5 Å². The molecule has 0 aliphatic rings. The number of hydrazine groups is 1. The predicted octanol–water partition coefficient (Wildman–Crippen LogP) is 7.55.